The van der Waals surface area contributed by atoms with Crippen molar-refractivity contribution in [3.63, 3.8) is 0 Å². The Hall–Kier alpha value is -1.62. The molecule has 2 rings (SSSR count). The van der Waals surface area contributed by atoms with Crippen molar-refractivity contribution in [3.05, 3.63) is 39.9 Å². The summed E-state index contributed by atoms with van der Waals surface area (Å²) in [5, 5.41) is 2.94. The monoisotopic (exact) mass is 312 g/mol. The van der Waals surface area contributed by atoms with E-state index in [9.17, 15) is 0 Å². The van der Waals surface area contributed by atoms with Crippen LogP contribution in [0.2, 0.25) is 10.0 Å². The van der Waals surface area contributed by atoms with Gasteiger partial charge in [0.2, 0.25) is 0 Å². The zero-order valence-electron chi connectivity index (χ0n) is 11.2. The number of nitrogen functional groups attached to an aromatic ring is 2. The second kappa shape index (κ2) is 5.79. The van der Waals surface area contributed by atoms with Crippen molar-refractivity contribution in [3.8, 4) is 5.75 Å². The predicted molar refractivity (Wildman–Crippen MR) is 84.3 cm³/mol. The molecule has 0 radical (unpaired) electrons. The molecule has 4 nitrogen and oxygen atoms in total. The molecule has 0 saturated heterocycles. The van der Waals surface area contributed by atoms with E-state index >= 15 is 0 Å². The van der Waals surface area contributed by atoms with Crippen LogP contribution in [0.3, 0.4) is 0 Å². The van der Waals surface area contributed by atoms with Crippen molar-refractivity contribution in [2.75, 3.05) is 18.6 Å². The molecule has 0 amide bonds. The van der Waals surface area contributed by atoms with Crippen LogP contribution in [0.4, 0.5) is 22.7 Å². The lowest BCUT2D eigenvalue weighted by atomic mass is 10.1. The molecule has 0 unspecified atom stereocenters. The summed E-state index contributed by atoms with van der Waals surface area (Å²) in [5.74, 6) is 0.625. The summed E-state index contributed by atoms with van der Waals surface area (Å²) in [7, 11) is 1.58. The fourth-order valence-corrected chi connectivity index (χ4v) is 2.31. The van der Waals surface area contributed by atoms with Crippen LogP contribution in [0.25, 0.3) is 0 Å². The van der Waals surface area contributed by atoms with Crippen LogP contribution >= 0.6 is 23.2 Å². The van der Waals surface area contributed by atoms with E-state index in [0.29, 0.717) is 27.2 Å². The molecule has 106 valence electrons. The summed E-state index contributed by atoms with van der Waals surface area (Å²) < 4.78 is 5.23. The number of quaternary nitrogens is 1. The lowest BCUT2D eigenvalue weighted by Crippen LogP contribution is -2.71. The fraction of sp³-hybridized carbons (Fsp3) is 0.143. The van der Waals surface area contributed by atoms with Crippen LogP contribution in [-0.4, -0.2) is 7.11 Å². The van der Waals surface area contributed by atoms with E-state index in [2.05, 4.69) is 0 Å². The first-order valence-corrected chi connectivity index (χ1v) is 6.71. The molecule has 0 atom stereocenters. The molecule has 6 heteroatoms. The molecule has 0 saturated carbocycles. The Labute approximate surface area is 127 Å². The van der Waals surface area contributed by atoms with E-state index in [1.807, 2.05) is 24.4 Å². The molecule has 0 bridgehead atoms. The number of ether oxygens (including phenoxy) is 1. The molecular formula is C14H16Cl2N3O+. The molecule has 2 aromatic carbocycles. The number of aryl methyl sites for hydroxylation is 1. The Morgan fingerprint density at radius 3 is 2.30 bits per heavy atom. The van der Waals surface area contributed by atoms with Gasteiger partial charge in [0.15, 0.2) is 5.69 Å². The zero-order valence-corrected chi connectivity index (χ0v) is 12.7. The van der Waals surface area contributed by atoms with E-state index in [1.54, 1.807) is 19.2 Å². The highest BCUT2D eigenvalue weighted by Gasteiger charge is 2.14. The third-order valence-corrected chi connectivity index (χ3v) is 3.70. The smallest absolute Gasteiger partial charge is 0.155 e. The molecule has 0 heterocycles. The van der Waals surface area contributed by atoms with Crippen molar-refractivity contribution in [1.29, 1.82) is 0 Å². The summed E-state index contributed by atoms with van der Waals surface area (Å²) in [4.78, 5) is 0. The number of halogens is 2. The number of hydrogen-bond donors (Lipinski definition) is 3. The molecule has 0 aliphatic heterocycles. The van der Waals surface area contributed by atoms with Gasteiger partial charge in [-0.25, -0.2) is 0 Å². The van der Waals surface area contributed by atoms with Gasteiger partial charge in [0, 0.05) is 17.7 Å². The Kier molecular flexibility index (Phi) is 4.28. The Balaban J connectivity index is 2.42. The Morgan fingerprint density at radius 1 is 0.950 bits per heavy atom. The van der Waals surface area contributed by atoms with Gasteiger partial charge in [-0.1, -0.05) is 23.2 Å². The van der Waals surface area contributed by atoms with Crippen molar-refractivity contribution >= 4 is 46.0 Å². The van der Waals surface area contributed by atoms with E-state index in [0.717, 1.165) is 16.9 Å². The van der Waals surface area contributed by atoms with Gasteiger partial charge >= 0.3 is 0 Å². The van der Waals surface area contributed by atoms with Crippen LogP contribution in [0, 0.1) is 6.92 Å². The molecule has 6 N–H and O–H groups in total. The summed E-state index contributed by atoms with van der Waals surface area (Å²) in [5.41, 5.74) is 15.4. The van der Waals surface area contributed by atoms with Crippen molar-refractivity contribution < 1.29 is 10.1 Å². The molecule has 20 heavy (non-hydrogen) atoms. The summed E-state index contributed by atoms with van der Waals surface area (Å²) in [6.45, 7) is 1.97. The molecule has 0 aromatic heterocycles. The fourth-order valence-electron chi connectivity index (χ4n) is 1.91. The maximum Gasteiger partial charge on any atom is 0.155 e. The summed E-state index contributed by atoms with van der Waals surface area (Å²) in [6, 6.07) is 7.10. The first-order valence-electron chi connectivity index (χ1n) is 5.95. The Morgan fingerprint density at radius 2 is 1.65 bits per heavy atom. The van der Waals surface area contributed by atoms with E-state index in [-0.39, 0.29) is 0 Å². The maximum absolute atomic E-state index is 6.18. The topological polar surface area (TPSA) is 77.9 Å². The number of nitrogens with two attached hydrogens (primary N) is 3. The second-order valence-electron chi connectivity index (χ2n) is 4.49. The lowest BCUT2D eigenvalue weighted by Gasteiger charge is -2.10. The zero-order chi connectivity index (χ0) is 14.9. The molecule has 0 aliphatic carbocycles. The van der Waals surface area contributed by atoms with E-state index in [4.69, 9.17) is 39.4 Å². The minimum Gasteiger partial charge on any atom is -0.494 e. The molecule has 0 spiro atoms. The van der Waals surface area contributed by atoms with E-state index < -0.39 is 0 Å². The largest absolute Gasteiger partial charge is 0.494 e. The molecule has 0 aliphatic rings. The van der Waals surface area contributed by atoms with Gasteiger partial charge in [-0.05, 0) is 19.1 Å². The quantitative estimate of drug-likeness (QED) is 0.762. The van der Waals surface area contributed by atoms with Crippen LogP contribution < -0.4 is 21.5 Å². The lowest BCUT2D eigenvalue weighted by molar-refractivity contribution is -0.479. The Bertz CT molecular complexity index is 659. The highest BCUT2D eigenvalue weighted by molar-refractivity contribution is 6.36. The summed E-state index contributed by atoms with van der Waals surface area (Å²) >= 11 is 12.2. The number of rotatable bonds is 3. The molecular weight excluding hydrogens is 297 g/mol. The summed E-state index contributed by atoms with van der Waals surface area (Å²) in [6.07, 6.45) is 0. The normalized spacial score (nSPS) is 10.6. The molecule has 2 aromatic rings. The number of hydrogen-bond acceptors (Lipinski definition) is 3. The van der Waals surface area contributed by atoms with Crippen LogP contribution in [0.5, 0.6) is 5.75 Å². The van der Waals surface area contributed by atoms with Crippen LogP contribution in [0.1, 0.15) is 5.56 Å². The van der Waals surface area contributed by atoms with Crippen molar-refractivity contribution in [2.45, 2.75) is 6.92 Å². The minimum atomic E-state index is 0.459. The SMILES string of the molecule is COc1cc([NH2+]c2cc(Cl)c(N)cc2Cl)c(C)cc1N. The highest BCUT2D eigenvalue weighted by atomic mass is 35.5. The van der Waals surface area contributed by atoms with Crippen LogP contribution in [0.15, 0.2) is 24.3 Å². The number of methoxy groups -OCH3 is 1. The highest BCUT2D eigenvalue weighted by Crippen LogP contribution is 2.30. The van der Waals surface area contributed by atoms with Crippen LogP contribution in [-0.2, 0) is 0 Å². The van der Waals surface area contributed by atoms with Gasteiger partial charge in [0.25, 0.3) is 0 Å². The van der Waals surface area contributed by atoms with Crippen molar-refractivity contribution in [1.82, 2.24) is 0 Å². The standard InChI is InChI=1S/C14H15Cl2N3O/c1-7-3-11(18)14(20-2)6-12(7)19-13-5-8(15)10(17)4-9(13)16/h3-6,19H,17-18H2,1-2H3/p+1. The minimum absolute atomic E-state index is 0.459. The average molecular weight is 313 g/mol. The third-order valence-electron chi connectivity index (χ3n) is 3.05. The van der Waals surface area contributed by atoms with Gasteiger partial charge in [0.05, 0.1) is 23.5 Å². The van der Waals surface area contributed by atoms with Gasteiger partial charge in [-0.2, -0.15) is 0 Å². The second-order valence-corrected chi connectivity index (χ2v) is 5.30. The average Bonchev–Trinajstić information content (AvgIpc) is 2.38. The van der Waals surface area contributed by atoms with Gasteiger partial charge in [0.1, 0.15) is 16.5 Å². The van der Waals surface area contributed by atoms with E-state index in [1.165, 1.54) is 0 Å². The number of anilines is 2. The van der Waals surface area contributed by atoms with Crippen molar-refractivity contribution in [2.24, 2.45) is 0 Å². The molecule has 0 fully saturated rings. The third kappa shape index (κ3) is 2.93. The number of benzene rings is 2. The van der Waals surface area contributed by atoms with Gasteiger partial charge in [-0.3, -0.25) is 5.32 Å². The van der Waals surface area contributed by atoms with Gasteiger partial charge in [-0.15, -0.1) is 0 Å². The maximum atomic E-state index is 6.18. The first-order chi connectivity index (χ1) is 9.42. The first kappa shape index (κ1) is 14.8. The van der Waals surface area contributed by atoms with Gasteiger partial charge < -0.3 is 16.2 Å². The predicted octanol–water partition coefficient (Wildman–Crippen LogP) is 3.00.